The summed E-state index contributed by atoms with van der Waals surface area (Å²) in [7, 11) is 1.62. The highest BCUT2D eigenvalue weighted by Gasteiger charge is 2.48. The molecule has 9 heteroatoms. The fourth-order valence-corrected chi connectivity index (χ4v) is 6.20. The van der Waals surface area contributed by atoms with Crippen LogP contribution in [0.25, 0.3) is 0 Å². The molecule has 0 spiro atoms. The molecule has 3 fully saturated rings. The highest BCUT2D eigenvalue weighted by Crippen LogP contribution is 2.41. The lowest BCUT2D eigenvalue weighted by Gasteiger charge is -2.46. The number of β-amino-alcohol motifs (C(OH)–C–C–N with tert-alkyl or cyclic N) is 2. The summed E-state index contributed by atoms with van der Waals surface area (Å²) in [5.41, 5.74) is 1.15. The van der Waals surface area contributed by atoms with Crippen molar-refractivity contribution >= 4 is 11.8 Å². The van der Waals surface area contributed by atoms with Gasteiger partial charge in [-0.25, -0.2) is 4.39 Å². The molecular weight excluding hydrogens is 465 g/mol. The molecule has 0 bridgehead atoms. The first kappa shape index (κ1) is 27.0. The Morgan fingerprint density at radius 2 is 1.53 bits per heavy atom. The van der Waals surface area contributed by atoms with Crippen LogP contribution >= 0.6 is 0 Å². The standard InChI is InChI=1S/C27H40FN3O5/c1-18-21(8-3-9-24(18)28)25-22(26(34)30-10-4-6-19(32)14-30)16-29(12-13-36-2)17-23(25)27(35)31-11-5-7-20(33)15-31/h3,8-9,19-20,22-23,25,32-33H,4-7,10-17H2,1-2H3/t19?,20?,22-,23?,25?/m0/s1. The van der Waals surface area contributed by atoms with Gasteiger partial charge in [-0.05, 0) is 49.8 Å². The maximum atomic E-state index is 14.8. The predicted octanol–water partition coefficient (Wildman–Crippen LogP) is 1.38. The molecule has 8 nitrogen and oxygen atoms in total. The minimum atomic E-state index is -0.565. The van der Waals surface area contributed by atoms with Crippen LogP contribution < -0.4 is 0 Å². The Morgan fingerprint density at radius 1 is 0.972 bits per heavy atom. The first-order valence-corrected chi connectivity index (χ1v) is 13.2. The van der Waals surface area contributed by atoms with E-state index >= 15 is 0 Å². The zero-order valence-electron chi connectivity index (χ0n) is 21.4. The van der Waals surface area contributed by atoms with Crippen LogP contribution in [-0.2, 0) is 14.3 Å². The van der Waals surface area contributed by atoms with Crippen LogP contribution in [0.4, 0.5) is 4.39 Å². The number of rotatable bonds is 6. The molecule has 0 radical (unpaired) electrons. The zero-order valence-corrected chi connectivity index (χ0v) is 21.4. The lowest BCUT2D eigenvalue weighted by atomic mass is 9.71. The van der Waals surface area contributed by atoms with E-state index in [1.54, 1.807) is 29.9 Å². The minimum absolute atomic E-state index is 0.0963. The van der Waals surface area contributed by atoms with Crippen molar-refractivity contribution < 1.29 is 28.9 Å². The Balaban J connectivity index is 1.74. The van der Waals surface area contributed by atoms with Gasteiger partial charge in [0.2, 0.25) is 11.8 Å². The molecule has 200 valence electrons. The molecule has 0 aliphatic carbocycles. The van der Waals surface area contributed by atoms with Gasteiger partial charge in [0.15, 0.2) is 0 Å². The second-order valence-corrected chi connectivity index (χ2v) is 10.6. The molecule has 3 aliphatic heterocycles. The van der Waals surface area contributed by atoms with Crippen LogP contribution in [0.2, 0.25) is 0 Å². The van der Waals surface area contributed by atoms with Crippen LogP contribution in [0.1, 0.15) is 42.7 Å². The van der Waals surface area contributed by atoms with Gasteiger partial charge in [0.05, 0.1) is 30.7 Å². The molecule has 0 aromatic heterocycles. The van der Waals surface area contributed by atoms with Gasteiger partial charge < -0.3 is 24.7 Å². The molecule has 2 N–H and O–H groups in total. The Bertz CT molecular complexity index is 887. The Labute approximate surface area is 213 Å². The molecule has 36 heavy (non-hydrogen) atoms. The summed E-state index contributed by atoms with van der Waals surface area (Å²) in [6, 6.07) is 4.89. The fourth-order valence-electron chi connectivity index (χ4n) is 6.20. The monoisotopic (exact) mass is 505 g/mol. The summed E-state index contributed by atoms with van der Waals surface area (Å²) >= 11 is 0. The topological polar surface area (TPSA) is 93.6 Å². The number of aliphatic hydroxyl groups is 2. The quantitative estimate of drug-likeness (QED) is 0.607. The van der Waals surface area contributed by atoms with Crippen LogP contribution in [-0.4, -0.2) is 108 Å². The van der Waals surface area contributed by atoms with E-state index in [4.69, 9.17) is 4.74 Å². The van der Waals surface area contributed by atoms with E-state index < -0.39 is 30.0 Å². The maximum absolute atomic E-state index is 14.8. The summed E-state index contributed by atoms with van der Waals surface area (Å²) in [4.78, 5) is 33.5. The van der Waals surface area contributed by atoms with E-state index in [1.807, 2.05) is 6.07 Å². The van der Waals surface area contributed by atoms with Crippen molar-refractivity contribution in [2.75, 3.05) is 59.5 Å². The highest BCUT2D eigenvalue weighted by molar-refractivity contribution is 5.85. The predicted molar refractivity (Wildman–Crippen MR) is 133 cm³/mol. The van der Waals surface area contributed by atoms with Crippen LogP contribution in [0.5, 0.6) is 0 Å². The van der Waals surface area contributed by atoms with E-state index in [0.29, 0.717) is 63.3 Å². The maximum Gasteiger partial charge on any atom is 0.227 e. The van der Waals surface area contributed by atoms with Gasteiger partial charge in [-0.1, -0.05) is 12.1 Å². The van der Waals surface area contributed by atoms with E-state index in [1.165, 1.54) is 6.07 Å². The Morgan fingerprint density at radius 3 is 2.03 bits per heavy atom. The summed E-state index contributed by atoms with van der Waals surface area (Å²) in [5.74, 6) is -2.18. The number of piperidine rings is 3. The molecular formula is C27H40FN3O5. The average molecular weight is 506 g/mol. The summed E-state index contributed by atoms with van der Waals surface area (Å²) < 4.78 is 20.1. The largest absolute Gasteiger partial charge is 0.391 e. The molecule has 0 saturated carbocycles. The fraction of sp³-hybridized carbons (Fsp3) is 0.704. The van der Waals surface area contributed by atoms with E-state index in [0.717, 1.165) is 12.8 Å². The van der Waals surface area contributed by atoms with Crippen LogP contribution in [0.15, 0.2) is 18.2 Å². The van der Waals surface area contributed by atoms with Gasteiger partial charge in [-0.2, -0.15) is 0 Å². The van der Waals surface area contributed by atoms with E-state index in [-0.39, 0.29) is 30.7 Å². The first-order valence-electron chi connectivity index (χ1n) is 13.2. The molecule has 3 heterocycles. The van der Waals surface area contributed by atoms with Crippen molar-refractivity contribution in [1.82, 2.24) is 14.7 Å². The van der Waals surface area contributed by atoms with Crippen molar-refractivity contribution in [3.05, 3.63) is 35.1 Å². The molecule has 4 rings (SSSR count). The number of carbonyl (C=O) groups excluding carboxylic acids is 2. The highest BCUT2D eigenvalue weighted by atomic mass is 19.1. The Hall–Kier alpha value is -2.07. The number of aliphatic hydroxyl groups excluding tert-OH is 2. The molecule has 4 unspecified atom stereocenters. The number of ether oxygens (including phenoxy) is 1. The van der Waals surface area contributed by atoms with Crippen molar-refractivity contribution in [3.8, 4) is 0 Å². The third-order valence-corrected chi connectivity index (χ3v) is 8.11. The second kappa shape index (κ2) is 12.0. The third-order valence-electron chi connectivity index (χ3n) is 8.11. The molecule has 2 amide bonds. The Kier molecular flexibility index (Phi) is 8.98. The summed E-state index contributed by atoms with van der Waals surface area (Å²) in [5, 5.41) is 20.5. The molecule has 3 aliphatic rings. The number of nitrogens with zero attached hydrogens (tertiary/aromatic N) is 3. The molecule has 3 saturated heterocycles. The van der Waals surface area contributed by atoms with Crippen molar-refractivity contribution in [2.24, 2.45) is 11.8 Å². The van der Waals surface area contributed by atoms with Crippen LogP contribution in [0.3, 0.4) is 0 Å². The number of hydrogen-bond donors (Lipinski definition) is 2. The van der Waals surface area contributed by atoms with Crippen molar-refractivity contribution in [3.63, 3.8) is 0 Å². The number of benzene rings is 1. The van der Waals surface area contributed by atoms with Gasteiger partial charge in [-0.15, -0.1) is 0 Å². The normalized spacial score (nSPS) is 29.9. The number of amides is 2. The van der Waals surface area contributed by atoms with Crippen LogP contribution in [0, 0.1) is 24.6 Å². The minimum Gasteiger partial charge on any atom is -0.391 e. The number of carbonyl (C=O) groups is 2. The molecule has 1 aromatic carbocycles. The van der Waals surface area contributed by atoms with E-state index in [9.17, 15) is 24.2 Å². The number of hydrogen-bond acceptors (Lipinski definition) is 6. The number of likely N-dealkylation sites (tertiary alicyclic amines) is 3. The van der Waals surface area contributed by atoms with Crippen molar-refractivity contribution in [1.29, 1.82) is 0 Å². The van der Waals surface area contributed by atoms with Gasteiger partial charge >= 0.3 is 0 Å². The van der Waals surface area contributed by atoms with Crippen molar-refractivity contribution in [2.45, 2.75) is 50.7 Å². The van der Waals surface area contributed by atoms with Gasteiger partial charge in [0.25, 0.3) is 0 Å². The van der Waals surface area contributed by atoms with Gasteiger partial charge in [0, 0.05) is 58.8 Å². The zero-order chi connectivity index (χ0) is 25.8. The number of methoxy groups -OCH3 is 1. The summed E-state index contributed by atoms with van der Waals surface area (Å²) in [6.07, 6.45) is 1.67. The third kappa shape index (κ3) is 5.90. The lowest BCUT2D eigenvalue weighted by molar-refractivity contribution is -0.148. The molecule has 1 aromatic rings. The summed E-state index contributed by atoms with van der Waals surface area (Å²) in [6.45, 7) is 5.30. The first-order chi connectivity index (χ1) is 17.3. The molecule has 5 atom stereocenters. The number of halogens is 1. The average Bonchev–Trinajstić information content (AvgIpc) is 2.88. The second-order valence-electron chi connectivity index (χ2n) is 10.6. The van der Waals surface area contributed by atoms with Gasteiger partial charge in [0.1, 0.15) is 5.82 Å². The van der Waals surface area contributed by atoms with E-state index in [2.05, 4.69) is 4.90 Å². The van der Waals surface area contributed by atoms with Gasteiger partial charge in [-0.3, -0.25) is 14.5 Å². The smallest absolute Gasteiger partial charge is 0.227 e. The SMILES string of the molecule is COCCN1CC(C(=O)N2CCCC(O)C2)C(c2cccc(F)c2C)[C@@H](C(=O)N2CCCC(O)C2)C1. The lowest BCUT2D eigenvalue weighted by Crippen LogP contribution is -2.58.